The van der Waals surface area contributed by atoms with Gasteiger partial charge in [-0.25, -0.2) is 14.5 Å². The summed E-state index contributed by atoms with van der Waals surface area (Å²) in [6.07, 6.45) is 6.15. The number of unbranched alkanes of at least 4 members (excludes halogenated alkanes) is 2. The summed E-state index contributed by atoms with van der Waals surface area (Å²) in [5.41, 5.74) is 2.42. The maximum absolute atomic E-state index is 11.5. The maximum Gasteiger partial charge on any atom is 0.336 e. The van der Waals surface area contributed by atoms with Crippen LogP contribution in [0.1, 0.15) is 74.5 Å². The highest BCUT2D eigenvalue weighted by Gasteiger charge is 2.22. The number of hydrogen-bond donors (Lipinski definition) is 1. The third-order valence-corrected chi connectivity index (χ3v) is 5.01. The van der Waals surface area contributed by atoms with Gasteiger partial charge in [0.25, 0.3) is 0 Å². The number of carboxylic acids is 1. The van der Waals surface area contributed by atoms with Gasteiger partial charge in [0.2, 0.25) is 0 Å². The lowest BCUT2D eigenvalue weighted by atomic mass is 9.96. The van der Waals surface area contributed by atoms with Gasteiger partial charge < -0.3 is 5.11 Å². The van der Waals surface area contributed by atoms with Crippen LogP contribution in [0.4, 0.5) is 0 Å². The number of aromatic nitrogens is 4. The van der Waals surface area contributed by atoms with E-state index in [4.69, 9.17) is 10.1 Å². The van der Waals surface area contributed by atoms with E-state index in [1.165, 1.54) is 12.8 Å². The molecule has 0 unspecified atom stereocenters. The fourth-order valence-electron chi connectivity index (χ4n) is 3.28. The predicted molar refractivity (Wildman–Crippen MR) is 118 cm³/mol. The lowest BCUT2D eigenvalue weighted by molar-refractivity contribution is 0.0697. The molecule has 0 fully saturated rings. The Morgan fingerprint density at radius 2 is 1.87 bits per heavy atom. The second-order valence-corrected chi connectivity index (χ2v) is 8.62. The van der Waals surface area contributed by atoms with Crippen molar-refractivity contribution in [3.63, 3.8) is 0 Å². The SMILES string of the molecule is CCCCCc1nc(C(C)(C)C)nn1Cc1ccc(-c2ccccc2C(=O)O)nc1. The third kappa shape index (κ3) is 5.12. The molecule has 0 saturated carbocycles. The topological polar surface area (TPSA) is 80.9 Å². The van der Waals surface area contributed by atoms with E-state index in [-0.39, 0.29) is 11.0 Å². The number of aryl methyl sites for hydroxylation is 1. The first-order valence-electron chi connectivity index (χ1n) is 10.5. The van der Waals surface area contributed by atoms with Crippen LogP contribution < -0.4 is 0 Å². The molecule has 2 heterocycles. The Hall–Kier alpha value is -3.02. The largest absolute Gasteiger partial charge is 0.478 e. The van der Waals surface area contributed by atoms with E-state index in [1.54, 1.807) is 24.4 Å². The molecular formula is C24H30N4O2. The summed E-state index contributed by atoms with van der Waals surface area (Å²) in [5, 5.41) is 14.2. The van der Waals surface area contributed by atoms with E-state index in [0.29, 0.717) is 17.8 Å². The Labute approximate surface area is 178 Å². The molecule has 1 aromatic carbocycles. The van der Waals surface area contributed by atoms with Crippen LogP contribution in [0.5, 0.6) is 0 Å². The Bertz CT molecular complexity index is 1000. The van der Waals surface area contributed by atoms with Gasteiger partial charge in [-0.05, 0) is 24.1 Å². The highest BCUT2D eigenvalue weighted by molar-refractivity contribution is 5.95. The van der Waals surface area contributed by atoms with Gasteiger partial charge >= 0.3 is 5.97 Å². The van der Waals surface area contributed by atoms with Crippen molar-refractivity contribution in [2.24, 2.45) is 0 Å². The molecule has 0 aliphatic rings. The number of carbonyl (C=O) groups is 1. The molecule has 3 aromatic rings. The molecule has 2 aromatic heterocycles. The zero-order valence-corrected chi connectivity index (χ0v) is 18.2. The van der Waals surface area contributed by atoms with Crippen molar-refractivity contribution in [3.8, 4) is 11.3 Å². The van der Waals surface area contributed by atoms with Gasteiger partial charge in [-0.15, -0.1) is 0 Å². The molecule has 0 aliphatic carbocycles. The zero-order chi connectivity index (χ0) is 21.7. The molecule has 6 heteroatoms. The maximum atomic E-state index is 11.5. The fraction of sp³-hybridized carbons (Fsp3) is 0.417. The number of hydrogen-bond acceptors (Lipinski definition) is 4. The highest BCUT2D eigenvalue weighted by atomic mass is 16.4. The van der Waals surface area contributed by atoms with Gasteiger partial charge in [0.1, 0.15) is 5.82 Å². The molecule has 30 heavy (non-hydrogen) atoms. The van der Waals surface area contributed by atoms with Crippen molar-refractivity contribution in [2.45, 2.75) is 65.3 Å². The number of rotatable bonds is 8. The first-order valence-corrected chi connectivity index (χ1v) is 10.5. The lowest BCUT2D eigenvalue weighted by Gasteiger charge is -2.12. The van der Waals surface area contributed by atoms with Crippen molar-refractivity contribution in [2.75, 3.05) is 0 Å². The van der Waals surface area contributed by atoms with Crippen molar-refractivity contribution < 1.29 is 9.90 Å². The summed E-state index contributed by atoms with van der Waals surface area (Å²) in [5.74, 6) is 0.910. The average molecular weight is 407 g/mol. The standard InChI is InChI=1S/C24H30N4O2/c1-5-6-7-12-21-26-23(24(2,3)4)27-28(21)16-17-13-14-20(25-15-17)18-10-8-9-11-19(18)22(29)30/h8-11,13-15H,5-7,12,16H2,1-4H3,(H,29,30). The lowest BCUT2D eigenvalue weighted by Crippen LogP contribution is -2.14. The van der Waals surface area contributed by atoms with Crippen LogP contribution in [0.15, 0.2) is 42.6 Å². The van der Waals surface area contributed by atoms with E-state index < -0.39 is 5.97 Å². The molecule has 6 nitrogen and oxygen atoms in total. The van der Waals surface area contributed by atoms with Gasteiger partial charge in [-0.1, -0.05) is 64.8 Å². The molecule has 0 saturated heterocycles. The Morgan fingerprint density at radius 3 is 2.50 bits per heavy atom. The molecule has 0 bridgehead atoms. The molecule has 3 rings (SSSR count). The fourth-order valence-corrected chi connectivity index (χ4v) is 3.28. The summed E-state index contributed by atoms with van der Waals surface area (Å²) < 4.78 is 1.98. The second-order valence-electron chi connectivity index (χ2n) is 8.62. The normalized spacial score (nSPS) is 11.6. The van der Waals surface area contributed by atoms with Crippen molar-refractivity contribution in [1.82, 2.24) is 19.7 Å². The van der Waals surface area contributed by atoms with Crippen LogP contribution in [0.2, 0.25) is 0 Å². The minimum absolute atomic E-state index is 0.104. The Morgan fingerprint density at radius 1 is 1.10 bits per heavy atom. The Balaban J connectivity index is 1.85. The first-order chi connectivity index (χ1) is 14.3. The summed E-state index contributed by atoms with van der Waals surface area (Å²) >= 11 is 0. The van der Waals surface area contributed by atoms with Gasteiger partial charge in [-0.2, -0.15) is 5.10 Å². The number of benzene rings is 1. The number of nitrogens with zero attached hydrogens (tertiary/aromatic N) is 4. The summed E-state index contributed by atoms with van der Waals surface area (Å²) in [6, 6.07) is 10.8. The first kappa shape index (κ1) is 21.7. The smallest absolute Gasteiger partial charge is 0.336 e. The van der Waals surface area contributed by atoms with Crippen LogP contribution in [-0.2, 0) is 18.4 Å². The number of carboxylic acid groups (broad SMARTS) is 1. The monoisotopic (exact) mass is 406 g/mol. The average Bonchev–Trinajstić information content (AvgIpc) is 3.12. The van der Waals surface area contributed by atoms with E-state index in [0.717, 1.165) is 30.1 Å². The molecular weight excluding hydrogens is 376 g/mol. The van der Waals surface area contributed by atoms with Gasteiger partial charge in [0.15, 0.2) is 5.82 Å². The van der Waals surface area contributed by atoms with E-state index in [9.17, 15) is 9.90 Å². The van der Waals surface area contributed by atoms with Crippen LogP contribution in [0.3, 0.4) is 0 Å². The van der Waals surface area contributed by atoms with Crippen molar-refractivity contribution in [3.05, 3.63) is 65.4 Å². The quantitative estimate of drug-likeness (QED) is 0.525. The zero-order valence-electron chi connectivity index (χ0n) is 18.2. The molecule has 0 aliphatic heterocycles. The number of pyridine rings is 1. The van der Waals surface area contributed by atoms with E-state index in [1.807, 2.05) is 22.9 Å². The minimum Gasteiger partial charge on any atom is -0.478 e. The van der Waals surface area contributed by atoms with Crippen LogP contribution in [0, 0.1) is 0 Å². The molecule has 0 atom stereocenters. The molecule has 0 radical (unpaired) electrons. The van der Waals surface area contributed by atoms with Gasteiger partial charge in [-0.3, -0.25) is 4.98 Å². The van der Waals surface area contributed by atoms with Crippen LogP contribution >= 0.6 is 0 Å². The van der Waals surface area contributed by atoms with Crippen molar-refractivity contribution in [1.29, 1.82) is 0 Å². The number of aromatic carboxylic acids is 1. The van der Waals surface area contributed by atoms with Crippen molar-refractivity contribution >= 4 is 5.97 Å². The predicted octanol–water partition coefficient (Wildman–Crippen LogP) is 5.12. The highest BCUT2D eigenvalue weighted by Crippen LogP contribution is 2.23. The molecule has 1 N–H and O–H groups in total. The van der Waals surface area contributed by atoms with Gasteiger partial charge in [0.05, 0.1) is 17.8 Å². The summed E-state index contributed by atoms with van der Waals surface area (Å²) in [4.78, 5) is 20.8. The van der Waals surface area contributed by atoms with Crippen LogP contribution in [-0.4, -0.2) is 30.8 Å². The molecule has 0 spiro atoms. The second kappa shape index (κ2) is 9.20. The van der Waals surface area contributed by atoms with Crippen LogP contribution in [0.25, 0.3) is 11.3 Å². The minimum atomic E-state index is -0.953. The Kier molecular flexibility index (Phi) is 6.65. The molecule has 158 valence electrons. The van der Waals surface area contributed by atoms with Gasteiger partial charge in [0, 0.05) is 23.6 Å². The summed E-state index contributed by atoms with van der Waals surface area (Å²) in [6.45, 7) is 9.16. The molecule has 0 amide bonds. The third-order valence-electron chi connectivity index (χ3n) is 5.01. The summed E-state index contributed by atoms with van der Waals surface area (Å²) in [7, 11) is 0. The van der Waals surface area contributed by atoms with E-state index >= 15 is 0 Å². The van der Waals surface area contributed by atoms with E-state index in [2.05, 4.69) is 32.7 Å².